The standard InChI is InChI=1S/C20H18N4O3/c1-11(2)18-23-20(27-24-18)15-6-4-3-5-14(15)19(26)21-13-7-8-16-12(9-13)10-17(25)22-16/h3-9,11H,10H2,1-2H3,(H,21,26)(H,22,25). The zero-order chi connectivity index (χ0) is 19.0. The average molecular weight is 362 g/mol. The number of benzene rings is 2. The normalized spacial score (nSPS) is 12.8. The van der Waals surface area contributed by atoms with E-state index in [9.17, 15) is 9.59 Å². The van der Waals surface area contributed by atoms with Crippen molar-refractivity contribution in [1.82, 2.24) is 10.1 Å². The van der Waals surface area contributed by atoms with Crippen molar-refractivity contribution in [3.05, 3.63) is 59.4 Å². The van der Waals surface area contributed by atoms with Crippen molar-refractivity contribution in [3.8, 4) is 11.5 Å². The average Bonchev–Trinajstić information content (AvgIpc) is 3.27. The summed E-state index contributed by atoms with van der Waals surface area (Å²) in [6.45, 7) is 3.95. The third kappa shape index (κ3) is 3.31. The molecule has 0 radical (unpaired) electrons. The second kappa shape index (κ2) is 6.68. The van der Waals surface area contributed by atoms with E-state index in [4.69, 9.17) is 4.52 Å². The Hall–Kier alpha value is -3.48. The van der Waals surface area contributed by atoms with Gasteiger partial charge in [-0.3, -0.25) is 9.59 Å². The Morgan fingerprint density at radius 2 is 2.04 bits per heavy atom. The van der Waals surface area contributed by atoms with Crippen molar-refractivity contribution in [3.63, 3.8) is 0 Å². The van der Waals surface area contributed by atoms with Crippen LogP contribution in [0, 0.1) is 0 Å². The molecule has 0 aliphatic carbocycles. The summed E-state index contributed by atoms with van der Waals surface area (Å²) >= 11 is 0. The quantitative estimate of drug-likeness (QED) is 0.739. The number of anilines is 2. The third-order valence-corrected chi connectivity index (χ3v) is 4.35. The maximum Gasteiger partial charge on any atom is 0.258 e. The lowest BCUT2D eigenvalue weighted by Crippen LogP contribution is -2.13. The molecule has 1 aliphatic rings. The first-order valence-corrected chi connectivity index (χ1v) is 8.68. The van der Waals surface area contributed by atoms with Gasteiger partial charge in [0, 0.05) is 17.3 Å². The van der Waals surface area contributed by atoms with Crippen LogP contribution < -0.4 is 10.6 Å². The molecular formula is C20H18N4O3. The van der Waals surface area contributed by atoms with Gasteiger partial charge in [0.2, 0.25) is 5.91 Å². The van der Waals surface area contributed by atoms with Crippen molar-refractivity contribution < 1.29 is 14.1 Å². The minimum Gasteiger partial charge on any atom is -0.334 e. The summed E-state index contributed by atoms with van der Waals surface area (Å²) in [6, 6.07) is 12.4. The van der Waals surface area contributed by atoms with Crippen LogP contribution in [0.3, 0.4) is 0 Å². The van der Waals surface area contributed by atoms with Crippen LogP contribution in [0.4, 0.5) is 11.4 Å². The Labute approximate surface area is 155 Å². The molecule has 0 saturated carbocycles. The maximum absolute atomic E-state index is 12.8. The summed E-state index contributed by atoms with van der Waals surface area (Å²) in [5, 5.41) is 9.61. The van der Waals surface area contributed by atoms with E-state index >= 15 is 0 Å². The molecule has 0 unspecified atom stereocenters. The molecule has 27 heavy (non-hydrogen) atoms. The second-order valence-electron chi connectivity index (χ2n) is 6.71. The largest absolute Gasteiger partial charge is 0.334 e. The van der Waals surface area contributed by atoms with Gasteiger partial charge in [-0.25, -0.2) is 0 Å². The number of carbonyl (C=O) groups excluding carboxylic acids is 2. The van der Waals surface area contributed by atoms with Crippen molar-refractivity contribution in [2.45, 2.75) is 26.2 Å². The molecule has 0 bridgehead atoms. The highest BCUT2D eigenvalue weighted by atomic mass is 16.5. The molecule has 0 spiro atoms. The summed E-state index contributed by atoms with van der Waals surface area (Å²) in [6.07, 6.45) is 0.315. The van der Waals surface area contributed by atoms with Crippen molar-refractivity contribution in [1.29, 1.82) is 0 Å². The van der Waals surface area contributed by atoms with Gasteiger partial charge in [0.25, 0.3) is 11.8 Å². The molecule has 1 aromatic heterocycles. The molecule has 2 N–H and O–H groups in total. The van der Waals surface area contributed by atoms with Crippen LogP contribution in [0.5, 0.6) is 0 Å². The van der Waals surface area contributed by atoms with Gasteiger partial charge in [-0.15, -0.1) is 0 Å². The number of aromatic nitrogens is 2. The summed E-state index contributed by atoms with van der Waals surface area (Å²) in [5.74, 6) is 0.707. The van der Waals surface area contributed by atoms with Gasteiger partial charge < -0.3 is 15.2 Å². The van der Waals surface area contributed by atoms with Crippen LogP contribution in [0.15, 0.2) is 47.0 Å². The molecule has 0 atom stereocenters. The summed E-state index contributed by atoms with van der Waals surface area (Å²) < 4.78 is 5.34. The van der Waals surface area contributed by atoms with Gasteiger partial charge in [-0.05, 0) is 35.9 Å². The molecular weight excluding hydrogens is 344 g/mol. The molecule has 1 aliphatic heterocycles. The number of fused-ring (bicyclic) bond motifs is 1. The van der Waals surface area contributed by atoms with E-state index in [0.29, 0.717) is 35.0 Å². The van der Waals surface area contributed by atoms with Crippen molar-refractivity contribution in [2.75, 3.05) is 10.6 Å². The first kappa shape index (κ1) is 17.0. The highest BCUT2D eigenvalue weighted by Crippen LogP contribution is 2.28. The van der Waals surface area contributed by atoms with E-state index in [1.54, 1.807) is 36.4 Å². The zero-order valence-electron chi connectivity index (χ0n) is 14.9. The van der Waals surface area contributed by atoms with Crippen LogP contribution in [0.1, 0.15) is 41.5 Å². The summed E-state index contributed by atoms with van der Waals surface area (Å²) in [5.41, 5.74) is 3.28. The fourth-order valence-corrected chi connectivity index (χ4v) is 2.95. The molecule has 7 nitrogen and oxygen atoms in total. The third-order valence-electron chi connectivity index (χ3n) is 4.35. The zero-order valence-corrected chi connectivity index (χ0v) is 14.9. The molecule has 3 aromatic rings. The van der Waals surface area contributed by atoms with E-state index in [1.807, 2.05) is 19.9 Å². The minimum atomic E-state index is -0.285. The second-order valence-corrected chi connectivity index (χ2v) is 6.71. The number of hydrogen-bond donors (Lipinski definition) is 2. The lowest BCUT2D eigenvalue weighted by atomic mass is 10.1. The Bertz CT molecular complexity index is 1040. The van der Waals surface area contributed by atoms with E-state index in [1.165, 1.54) is 0 Å². The summed E-state index contributed by atoms with van der Waals surface area (Å²) in [7, 11) is 0. The summed E-state index contributed by atoms with van der Waals surface area (Å²) in [4.78, 5) is 28.7. The number of nitrogens with one attached hydrogen (secondary N) is 2. The Morgan fingerprint density at radius 3 is 2.81 bits per heavy atom. The predicted octanol–water partition coefficient (Wildman–Crippen LogP) is 3.61. The van der Waals surface area contributed by atoms with Gasteiger partial charge in [0.1, 0.15) is 0 Å². The lowest BCUT2D eigenvalue weighted by Gasteiger charge is -2.09. The first-order chi connectivity index (χ1) is 13.0. The van der Waals surface area contributed by atoms with Gasteiger partial charge in [0.15, 0.2) is 5.82 Å². The number of rotatable bonds is 4. The highest BCUT2D eigenvalue weighted by molar-refractivity contribution is 6.08. The molecule has 2 heterocycles. The molecule has 2 aromatic carbocycles. The van der Waals surface area contributed by atoms with Crippen molar-refractivity contribution >= 4 is 23.2 Å². The maximum atomic E-state index is 12.8. The molecule has 2 amide bonds. The SMILES string of the molecule is CC(C)c1noc(-c2ccccc2C(=O)Nc2ccc3c(c2)CC(=O)N3)n1. The molecule has 7 heteroatoms. The smallest absolute Gasteiger partial charge is 0.258 e. The van der Waals surface area contributed by atoms with E-state index < -0.39 is 0 Å². The Balaban J connectivity index is 1.61. The van der Waals surface area contributed by atoms with E-state index in [-0.39, 0.29) is 17.7 Å². The van der Waals surface area contributed by atoms with Crippen LogP contribution in [0.25, 0.3) is 11.5 Å². The fraction of sp³-hybridized carbons (Fsp3) is 0.200. The number of carbonyl (C=O) groups is 2. The monoisotopic (exact) mass is 362 g/mol. The number of nitrogens with zero attached hydrogens (tertiary/aromatic N) is 2. The molecule has 0 saturated heterocycles. The highest BCUT2D eigenvalue weighted by Gasteiger charge is 2.20. The lowest BCUT2D eigenvalue weighted by molar-refractivity contribution is -0.115. The molecule has 4 rings (SSSR count). The Kier molecular flexibility index (Phi) is 4.19. The van der Waals surface area contributed by atoms with E-state index in [2.05, 4.69) is 20.8 Å². The Morgan fingerprint density at radius 1 is 1.22 bits per heavy atom. The first-order valence-electron chi connectivity index (χ1n) is 8.68. The van der Waals surface area contributed by atoms with Crippen LogP contribution in [-0.2, 0) is 11.2 Å². The van der Waals surface area contributed by atoms with E-state index in [0.717, 1.165) is 11.3 Å². The predicted molar refractivity (Wildman–Crippen MR) is 101 cm³/mol. The molecule has 0 fully saturated rings. The van der Waals surface area contributed by atoms with Gasteiger partial charge in [-0.1, -0.05) is 31.1 Å². The number of hydrogen-bond acceptors (Lipinski definition) is 5. The number of amides is 2. The van der Waals surface area contributed by atoms with Crippen LogP contribution in [-0.4, -0.2) is 22.0 Å². The van der Waals surface area contributed by atoms with Gasteiger partial charge in [0.05, 0.1) is 17.5 Å². The molecule has 136 valence electrons. The van der Waals surface area contributed by atoms with Gasteiger partial charge in [-0.2, -0.15) is 4.98 Å². The van der Waals surface area contributed by atoms with Crippen LogP contribution in [0.2, 0.25) is 0 Å². The minimum absolute atomic E-state index is 0.0452. The van der Waals surface area contributed by atoms with Crippen molar-refractivity contribution in [2.24, 2.45) is 0 Å². The fourth-order valence-electron chi connectivity index (χ4n) is 2.95. The topological polar surface area (TPSA) is 97.1 Å². The van der Waals surface area contributed by atoms with Gasteiger partial charge >= 0.3 is 0 Å². The van der Waals surface area contributed by atoms with Crippen LogP contribution >= 0.6 is 0 Å².